The fraction of sp³-hybridized carbons (Fsp3) is 0.154. The predicted octanol–water partition coefficient (Wildman–Crippen LogP) is 4.47. The monoisotopic (exact) mass is 443 g/mol. The maximum Gasteiger partial charge on any atom is 0.334 e. The molecule has 3 aromatic carbocycles. The van der Waals surface area contributed by atoms with E-state index in [1.54, 1.807) is 18.2 Å². The molecule has 0 aromatic heterocycles. The number of allylic oxidation sites excluding steroid dienone is 1. The molecule has 5 rings (SSSR count). The normalized spacial score (nSPS) is 23.2. The lowest BCUT2D eigenvalue weighted by atomic mass is 9.74. The standard InChI is InChI=1S/C26H21NO4S/c1-31-26(28)21-16-20(17-10-4-2-5-11-17)24(23(21)18-12-6-3-7-13-18)25-19-14-8-9-15-22(19)32(29,30)27-25/h2-16,20,23-24H,1H3/t20-,23-,24-/m1/s1. The summed E-state index contributed by atoms with van der Waals surface area (Å²) in [7, 11) is -2.43. The Morgan fingerprint density at radius 2 is 1.44 bits per heavy atom. The highest BCUT2D eigenvalue weighted by Crippen LogP contribution is 2.51. The van der Waals surface area contributed by atoms with Crippen molar-refractivity contribution in [3.63, 3.8) is 0 Å². The first-order chi connectivity index (χ1) is 15.5. The molecule has 0 amide bonds. The SMILES string of the molecule is COC(=O)C1=C[C@H](c2ccccc2)[C@@H](C2=NS(=O)(=O)c3ccccc32)[C@@H]1c1ccccc1. The third-order valence-electron chi connectivity index (χ3n) is 6.18. The fourth-order valence-electron chi connectivity index (χ4n) is 4.84. The number of hydrogen-bond donors (Lipinski definition) is 0. The van der Waals surface area contributed by atoms with Crippen LogP contribution in [0.5, 0.6) is 0 Å². The van der Waals surface area contributed by atoms with Crippen molar-refractivity contribution in [2.45, 2.75) is 16.7 Å². The lowest BCUT2D eigenvalue weighted by molar-refractivity contribution is -0.136. The topological polar surface area (TPSA) is 72.8 Å². The molecule has 0 spiro atoms. The highest BCUT2D eigenvalue weighted by molar-refractivity contribution is 7.90. The quantitative estimate of drug-likeness (QED) is 0.558. The Morgan fingerprint density at radius 3 is 2.09 bits per heavy atom. The van der Waals surface area contributed by atoms with Gasteiger partial charge in [-0.15, -0.1) is 0 Å². The summed E-state index contributed by atoms with van der Waals surface area (Å²) < 4.78 is 35.1. The van der Waals surface area contributed by atoms with E-state index >= 15 is 0 Å². The van der Waals surface area contributed by atoms with Gasteiger partial charge in [0.2, 0.25) is 0 Å². The van der Waals surface area contributed by atoms with Gasteiger partial charge in [0.05, 0.1) is 17.7 Å². The van der Waals surface area contributed by atoms with Crippen LogP contribution in [0.25, 0.3) is 0 Å². The molecule has 3 atom stereocenters. The van der Waals surface area contributed by atoms with Crippen LogP contribution in [0.2, 0.25) is 0 Å². The van der Waals surface area contributed by atoms with Crippen molar-refractivity contribution in [3.05, 3.63) is 113 Å². The first-order valence-electron chi connectivity index (χ1n) is 10.4. The van der Waals surface area contributed by atoms with Crippen LogP contribution in [0, 0.1) is 5.92 Å². The number of esters is 1. The van der Waals surface area contributed by atoms with Crippen molar-refractivity contribution < 1.29 is 17.9 Å². The molecule has 0 radical (unpaired) electrons. The Balaban J connectivity index is 1.76. The zero-order valence-electron chi connectivity index (χ0n) is 17.4. The molecule has 0 fully saturated rings. The van der Waals surface area contributed by atoms with Crippen molar-refractivity contribution in [1.29, 1.82) is 0 Å². The van der Waals surface area contributed by atoms with E-state index in [0.29, 0.717) is 16.8 Å². The van der Waals surface area contributed by atoms with Gasteiger partial charge in [0.15, 0.2) is 0 Å². The molecule has 32 heavy (non-hydrogen) atoms. The number of sulfonamides is 1. The molecule has 160 valence electrons. The Kier molecular flexibility index (Phi) is 5.02. The molecular weight excluding hydrogens is 422 g/mol. The van der Waals surface area contributed by atoms with Gasteiger partial charge in [0, 0.05) is 28.9 Å². The molecule has 2 aliphatic rings. The van der Waals surface area contributed by atoms with E-state index in [-0.39, 0.29) is 16.7 Å². The molecular formula is C26H21NO4S. The first-order valence-corrected chi connectivity index (χ1v) is 11.8. The Hall–Kier alpha value is -3.51. The molecule has 1 aliphatic heterocycles. The van der Waals surface area contributed by atoms with E-state index < -0.39 is 21.9 Å². The van der Waals surface area contributed by atoms with Gasteiger partial charge in [-0.25, -0.2) is 4.79 Å². The lowest BCUT2D eigenvalue weighted by Gasteiger charge is -2.27. The number of rotatable bonds is 4. The number of carbonyl (C=O) groups is 1. The average molecular weight is 444 g/mol. The van der Waals surface area contributed by atoms with Gasteiger partial charge in [-0.2, -0.15) is 12.8 Å². The second-order valence-electron chi connectivity index (χ2n) is 7.91. The second kappa shape index (κ2) is 7.88. The molecule has 0 unspecified atom stereocenters. The van der Waals surface area contributed by atoms with Crippen LogP contribution in [0.1, 0.15) is 28.5 Å². The molecule has 3 aromatic rings. The summed E-state index contributed by atoms with van der Waals surface area (Å²) in [6.07, 6.45) is 1.92. The third-order valence-corrected chi connectivity index (χ3v) is 7.53. The van der Waals surface area contributed by atoms with Crippen LogP contribution >= 0.6 is 0 Å². The van der Waals surface area contributed by atoms with Crippen LogP contribution < -0.4 is 0 Å². The minimum Gasteiger partial charge on any atom is -0.466 e. The van der Waals surface area contributed by atoms with Gasteiger partial charge in [0.25, 0.3) is 10.0 Å². The zero-order valence-corrected chi connectivity index (χ0v) is 18.2. The molecule has 1 heterocycles. The maximum absolute atomic E-state index is 12.9. The van der Waals surface area contributed by atoms with Crippen LogP contribution in [-0.2, 0) is 19.6 Å². The molecule has 1 aliphatic carbocycles. The van der Waals surface area contributed by atoms with E-state index in [4.69, 9.17) is 4.74 Å². The number of ether oxygens (including phenoxy) is 1. The largest absolute Gasteiger partial charge is 0.466 e. The molecule has 0 saturated heterocycles. The van der Waals surface area contributed by atoms with E-state index in [9.17, 15) is 13.2 Å². The Labute approximate surface area is 187 Å². The smallest absolute Gasteiger partial charge is 0.334 e. The third kappa shape index (κ3) is 3.28. The minimum absolute atomic E-state index is 0.208. The van der Waals surface area contributed by atoms with Gasteiger partial charge in [-0.05, 0) is 17.2 Å². The molecule has 0 saturated carbocycles. The number of methoxy groups -OCH3 is 1. The van der Waals surface area contributed by atoms with Gasteiger partial charge in [0.1, 0.15) is 0 Å². The second-order valence-corrected chi connectivity index (χ2v) is 9.48. The van der Waals surface area contributed by atoms with Gasteiger partial charge < -0.3 is 4.74 Å². The number of fused-ring (bicyclic) bond motifs is 1. The van der Waals surface area contributed by atoms with Crippen molar-refractivity contribution in [3.8, 4) is 0 Å². The highest BCUT2D eigenvalue weighted by Gasteiger charge is 2.47. The van der Waals surface area contributed by atoms with E-state index in [2.05, 4.69) is 4.40 Å². The summed E-state index contributed by atoms with van der Waals surface area (Å²) >= 11 is 0. The molecule has 0 N–H and O–H groups in total. The van der Waals surface area contributed by atoms with Crippen LogP contribution in [0.4, 0.5) is 0 Å². The summed E-state index contributed by atoms with van der Waals surface area (Å²) in [5.74, 6) is -1.44. The number of nitrogens with zero attached hydrogens (tertiary/aromatic N) is 1. The van der Waals surface area contributed by atoms with E-state index in [1.165, 1.54) is 7.11 Å². The number of benzene rings is 3. The predicted molar refractivity (Wildman–Crippen MR) is 122 cm³/mol. The molecule has 0 bridgehead atoms. The number of carbonyl (C=O) groups excluding carboxylic acids is 1. The Morgan fingerprint density at radius 1 is 0.844 bits per heavy atom. The summed E-state index contributed by atoms with van der Waals surface area (Å²) in [4.78, 5) is 13.1. The summed E-state index contributed by atoms with van der Waals surface area (Å²) in [6.45, 7) is 0. The van der Waals surface area contributed by atoms with Crippen LogP contribution in [0.15, 0.2) is 106 Å². The molecule has 5 nitrogen and oxygen atoms in total. The number of hydrogen-bond acceptors (Lipinski definition) is 4. The summed E-state index contributed by atoms with van der Waals surface area (Å²) in [5.41, 5.74) is 3.50. The van der Waals surface area contributed by atoms with Gasteiger partial charge in [-0.1, -0.05) is 84.9 Å². The van der Waals surface area contributed by atoms with Crippen molar-refractivity contribution in [1.82, 2.24) is 0 Å². The van der Waals surface area contributed by atoms with Crippen LogP contribution in [0.3, 0.4) is 0 Å². The van der Waals surface area contributed by atoms with Gasteiger partial charge in [-0.3, -0.25) is 0 Å². The van der Waals surface area contributed by atoms with E-state index in [0.717, 1.165) is 11.1 Å². The van der Waals surface area contributed by atoms with Crippen molar-refractivity contribution in [2.24, 2.45) is 10.3 Å². The summed E-state index contributed by atoms with van der Waals surface area (Å²) in [5, 5.41) is 0. The fourth-order valence-corrected chi connectivity index (χ4v) is 6.12. The Bertz CT molecular complexity index is 1340. The molecule has 6 heteroatoms. The van der Waals surface area contributed by atoms with Gasteiger partial charge >= 0.3 is 5.97 Å². The lowest BCUT2D eigenvalue weighted by Crippen LogP contribution is -2.26. The first kappa shape index (κ1) is 20.4. The average Bonchev–Trinajstić information content (AvgIpc) is 3.35. The minimum atomic E-state index is -3.80. The maximum atomic E-state index is 12.9. The van der Waals surface area contributed by atoms with Crippen LogP contribution in [-0.4, -0.2) is 27.2 Å². The zero-order chi connectivity index (χ0) is 22.3. The van der Waals surface area contributed by atoms with Crippen molar-refractivity contribution >= 4 is 21.7 Å². The van der Waals surface area contributed by atoms with E-state index in [1.807, 2.05) is 72.8 Å². The highest BCUT2D eigenvalue weighted by atomic mass is 32.2. The van der Waals surface area contributed by atoms with Crippen molar-refractivity contribution in [2.75, 3.05) is 7.11 Å². The summed E-state index contributed by atoms with van der Waals surface area (Å²) in [6, 6.07) is 26.3.